The molecule has 0 bridgehead atoms. The van der Waals surface area contributed by atoms with Crippen molar-refractivity contribution in [2.75, 3.05) is 17.2 Å². The second kappa shape index (κ2) is 5.67. The van der Waals surface area contributed by atoms with Gasteiger partial charge in [-0.2, -0.15) is 0 Å². The molecule has 96 valence electrons. The molecule has 0 aromatic carbocycles. The average molecular weight is 301 g/mol. The van der Waals surface area contributed by atoms with Crippen molar-refractivity contribution >= 4 is 27.6 Å². The molecule has 1 rings (SSSR count). The molecule has 0 fully saturated rings. The monoisotopic (exact) mass is 300 g/mol. The highest BCUT2D eigenvalue weighted by atomic mass is 79.9. The molecule has 0 aliphatic heterocycles. The highest BCUT2D eigenvalue weighted by molar-refractivity contribution is 9.10. The summed E-state index contributed by atoms with van der Waals surface area (Å²) < 4.78 is 0.887. The van der Waals surface area contributed by atoms with Gasteiger partial charge >= 0.3 is 0 Å². The van der Waals surface area contributed by atoms with Crippen LogP contribution in [0, 0.1) is 5.41 Å². The summed E-state index contributed by atoms with van der Waals surface area (Å²) in [7, 11) is 0. The second-order valence-corrected chi connectivity index (χ2v) is 5.94. The van der Waals surface area contributed by atoms with Gasteiger partial charge in [0, 0.05) is 12.6 Å². The first-order valence-electron chi connectivity index (χ1n) is 5.87. The summed E-state index contributed by atoms with van der Waals surface area (Å²) in [5.41, 5.74) is 0.183. The molecule has 4 nitrogen and oxygen atoms in total. The third-order valence-electron chi connectivity index (χ3n) is 2.79. The van der Waals surface area contributed by atoms with Crippen LogP contribution in [0.25, 0.3) is 0 Å². The normalized spacial score (nSPS) is 13.3. The fourth-order valence-corrected chi connectivity index (χ4v) is 1.64. The van der Waals surface area contributed by atoms with Crippen molar-refractivity contribution in [3.05, 3.63) is 10.8 Å². The Labute approximate surface area is 112 Å². The van der Waals surface area contributed by atoms with E-state index in [0.717, 1.165) is 22.7 Å². The Kier molecular flexibility index (Phi) is 4.74. The quantitative estimate of drug-likeness (QED) is 0.893. The topological polar surface area (TPSA) is 49.8 Å². The molecule has 1 atom stereocenters. The van der Waals surface area contributed by atoms with Crippen LogP contribution in [0.2, 0.25) is 0 Å². The number of halogens is 1. The smallest absolute Gasteiger partial charge is 0.146 e. The molecular weight excluding hydrogens is 280 g/mol. The van der Waals surface area contributed by atoms with Gasteiger partial charge in [0.15, 0.2) is 0 Å². The number of hydrogen-bond donors (Lipinski definition) is 2. The van der Waals surface area contributed by atoms with Crippen molar-refractivity contribution in [3.63, 3.8) is 0 Å². The Hall–Kier alpha value is -0.840. The minimum atomic E-state index is 0.183. The molecular formula is C12H21BrN4. The van der Waals surface area contributed by atoms with Gasteiger partial charge in [0.2, 0.25) is 0 Å². The van der Waals surface area contributed by atoms with Crippen LogP contribution in [0.4, 0.5) is 11.6 Å². The molecule has 0 spiro atoms. The van der Waals surface area contributed by atoms with Gasteiger partial charge in [-0.3, -0.25) is 0 Å². The summed E-state index contributed by atoms with van der Waals surface area (Å²) in [4.78, 5) is 8.45. The summed E-state index contributed by atoms with van der Waals surface area (Å²) >= 11 is 3.53. The van der Waals surface area contributed by atoms with E-state index in [9.17, 15) is 0 Å². The van der Waals surface area contributed by atoms with Crippen LogP contribution in [0.5, 0.6) is 0 Å². The maximum absolute atomic E-state index is 4.27. The van der Waals surface area contributed by atoms with E-state index in [1.807, 2.05) is 6.92 Å². The van der Waals surface area contributed by atoms with E-state index in [1.54, 1.807) is 6.33 Å². The minimum Gasteiger partial charge on any atom is -0.369 e. The predicted octanol–water partition coefficient (Wildman–Crippen LogP) is 3.52. The Balaban J connectivity index is 2.88. The standard InChI is InChI=1S/C12H21BrN4/c1-6-14-10-9(13)11(16-7-15-10)17-8(2)12(3,4)5/h7-8H,6H2,1-5H3,(H2,14,15,16,17). The van der Waals surface area contributed by atoms with Crippen molar-refractivity contribution in [2.24, 2.45) is 5.41 Å². The molecule has 0 radical (unpaired) electrons. The van der Waals surface area contributed by atoms with Crippen LogP contribution < -0.4 is 10.6 Å². The highest BCUT2D eigenvalue weighted by Gasteiger charge is 2.21. The summed E-state index contributed by atoms with van der Waals surface area (Å²) in [6, 6.07) is 0.322. The van der Waals surface area contributed by atoms with Crippen LogP contribution in [0.1, 0.15) is 34.6 Å². The molecule has 2 N–H and O–H groups in total. The molecule has 5 heteroatoms. The predicted molar refractivity (Wildman–Crippen MR) is 76.4 cm³/mol. The minimum absolute atomic E-state index is 0.183. The highest BCUT2D eigenvalue weighted by Crippen LogP contribution is 2.29. The Morgan fingerprint density at radius 3 is 2.41 bits per heavy atom. The molecule has 0 saturated carbocycles. The van der Waals surface area contributed by atoms with E-state index < -0.39 is 0 Å². The van der Waals surface area contributed by atoms with Gasteiger partial charge in [-0.25, -0.2) is 9.97 Å². The lowest BCUT2D eigenvalue weighted by Crippen LogP contribution is -2.31. The first kappa shape index (κ1) is 14.2. The molecule has 0 aliphatic rings. The van der Waals surface area contributed by atoms with Crippen molar-refractivity contribution in [3.8, 4) is 0 Å². The zero-order chi connectivity index (χ0) is 13.1. The summed E-state index contributed by atoms with van der Waals surface area (Å²) in [5, 5.41) is 6.60. The van der Waals surface area contributed by atoms with E-state index in [1.165, 1.54) is 0 Å². The van der Waals surface area contributed by atoms with Gasteiger partial charge in [-0.05, 0) is 35.2 Å². The van der Waals surface area contributed by atoms with E-state index in [0.29, 0.717) is 6.04 Å². The Morgan fingerprint density at radius 2 is 1.88 bits per heavy atom. The van der Waals surface area contributed by atoms with E-state index in [-0.39, 0.29) is 5.41 Å². The molecule has 1 aromatic rings. The largest absolute Gasteiger partial charge is 0.369 e. The van der Waals surface area contributed by atoms with Gasteiger partial charge in [-0.15, -0.1) is 0 Å². The van der Waals surface area contributed by atoms with Crippen LogP contribution >= 0.6 is 15.9 Å². The van der Waals surface area contributed by atoms with Crippen LogP contribution in [0.15, 0.2) is 10.8 Å². The first-order valence-corrected chi connectivity index (χ1v) is 6.66. The zero-order valence-electron chi connectivity index (χ0n) is 11.1. The van der Waals surface area contributed by atoms with Crippen molar-refractivity contribution in [1.82, 2.24) is 9.97 Å². The number of hydrogen-bond acceptors (Lipinski definition) is 4. The molecule has 1 aromatic heterocycles. The van der Waals surface area contributed by atoms with Crippen molar-refractivity contribution < 1.29 is 0 Å². The van der Waals surface area contributed by atoms with E-state index in [2.05, 4.69) is 64.2 Å². The van der Waals surface area contributed by atoms with Gasteiger partial charge in [0.25, 0.3) is 0 Å². The number of nitrogens with zero attached hydrogens (tertiary/aromatic N) is 2. The third-order valence-corrected chi connectivity index (χ3v) is 3.54. The first-order chi connectivity index (χ1) is 7.86. The number of nitrogens with one attached hydrogen (secondary N) is 2. The van der Waals surface area contributed by atoms with Crippen LogP contribution in [0.3, 0.4) is 0 Å². The van der Waals surface area contributed by atoms with E-state index >= 15 is 0 Å². The zero-order valence-corrected chi connectivity index (χ0v) is 12.7. The fourth-order valence-electron chi connectivity index (χ4n) is 1.18. The third kappa shape index (κ3) is 3.84. The second-order valence-electron chi connectivity index (χ2n) is 5.15. The maximum Gasteiger partial charge on any atom is 0.146 e. The summed E-state index contributed by atoms with van der Waals surface area (Å²) in [5.74, 6) is 1.66. The molecule has 0 aliphatic carbocycles. The van der Waals surface area contributed by atoms with Gasteiger partial charge in [-0.1, -0.05) is 20.8 Å². The lowest BCUT2D eigenvalue weighted by atomic mass is 9.88. The Bertz CT molecular complexity index is 373. The maximum atomic E-state index is 4.27. The fraction of sp³-hybridized carbons (Fsp3) is 0.667. The van der Waals surface area contributed by atoms with Crippen LogP contribution in [-0.2, 0) is 0 Å². The molecule has 1 unspecified atom stereocenters. The molecule has 17 heavy (non-hydrogen) atoms. The molecule has 0 saturated heterocycles. The summed E-state index contributed by atoms with van der Waals surface area (Å²) in [6.07, 6.45) is 1.57. The Morgan fingerprint density at radius 1 is 1.29 bits per heavy atom. The van der Waals surface area contributed by atoms with Gasteiger partial charge < -0.3 is 10.6 Å². The lowest BCUT2D eigenvalue weighted by molar-refractivity contribution is 0.358. The van der Waals surface area contributed by atoms with E-state index in [4.69, 9.17) is 0 Å². The number of aromatic nitrogens is 2. The molecule has 1 heterocycles. The lowest BCUT2D eigenvalue weighted by Gasteiger charge is -2.29. The van der Waals surface area contributed by atoms with Gasteiger partial charge in [0.05, 0.1) is 0 Å². The summed E-state index contributed by atoms with van der Waals surface area (Å²) in [6.45, 7) is 11.6. The SMILES string of the molecule is CCNc1ncnc(NC(C)C(C)(C)C)c1Br. The average Bonchev–Trinajstić information content (AvgIpc) is 2.22. The number of anilines is 2. The van der Waals surface area contributed by atoms with Crippen LogP contribution in [-0.4, -0.2) is 22.6 Å². The van der Waals surface area contributed by atoms with Crippen molar-refractivity contribution in [2.45, 2.75) is 40.7 Å². The molecule has 0 amide bonds. The number of rotatable bonds is 4. The van der Waals surface area contributed by atoms with Gasteiger partial charge in [0.1, 0.15) is 22.4 Å². The van der Waals surface area contributed by atoms with Crippen molar-refractivity contribution in [1.29, 1.82) is 0 Å².